The van der Waals surface area contributed by atoms with Crippen molar-refractivity contribution >= 4 is 5.91 Å². The van der Waals surface area contributed by atoms with Gasteiger partial charge in [0.1, 0.15) is 11.3 Å². The van der Waals surface area contributed by atoms with Crippen molar-refractivity contribution in [2.45, 2.75) is 6.54 Å². The van der Waals surface area contributed by atoms with E-state index in [1.165, 1.54) is 10.6 Å². The molecule has 0 aliphatic rings. The Kier molecular flexibility index (Phi) is 4.05. The van der Waals surface area contributed by atoms with Crippen LogP contribution in [0.3, 0.4) is 0 Å². The van der Waals surface area contributed by atoms with Crippen LogP contribution >= 0.6 is 0 Å². The summed E-state index contributed by atoms with van der Waals surface area (Å²) in [7, 11) is 1.60. The molecule has 0 unspecified atom stereocenters. The number of hydrogen-bond acceptors (Lipinski definition) is 4. The molecular weight excluding hydrogens is 294 g/mol. The number of pyridine rings is 1. The minimum Gasteiger partial charge on any atom is -0.356 e. The molecule has 116 valence electrons. The van der Waals surface area contributed by atoms with Crippen LogP contribution in [0.1, 0.15) is 16.1 Å². The number of nitrogens with zero attached hydrogens (tertiary/aromatic N) is 2. The maximum atomic E-state index is 12.1. The molecule has 0 aliphatic heterocycles. The second-order valence-corrected chi connectivity index (χ2v) is 5.07. The number of carbonyl (C=O) groups excluding carboxylic acids is 1. The van der Waals surface area contributed by atoms with E-state index in [0.717, 1.165) is 5.56 Å². The molecule has 2 aromatic heterocycles. The molecule has 1 amide bonds. The van der Waals surface area contributed by atoms with Gasteiger partial charge < -0.3 is 14.4 Å². The minimum absolute atomic E-state index is 0.0989. The van der Waals surface area contributed by atoms with E-state index >= 15 is 0 Å². The average molecular weight is 309 g/mol. The Bertz CT molecular complexity index is 881. The van der Waals surface area contributed by atoms with Crippen molar-refractivity contribution in [3.63, 3.8) is 0 Å². The summed E-state index contributed by atoms with van der Waals surface area (Å²) in [6.07, 6.45) is 1.60. The SMILES string of the molecule is Cn1cccc(C(=O)NCc2cc(-c3ccccc3)on2)c1=O. The highest BCUT2D eigenvalue weighted by molar-refractivity contribution is 5.93. The van der Waals surface area contributed by atoms with E-state index in [1.807, 2.05) is 30.3 Å². The second-order valence-electron chi connectivity index (χ2n) is 5.07. The molecule has 1 N–H and O–H groups in total. The molecule has 1 aromatic carbocycles. The van der Waals surface area contributed by atoms with Gasteiger partial charge in [-0.15, -0.1) is 0 Å². The van der Waals surface area contributed by atoms with E-state index in [4.69, 9.17) is 4.52 Å². The first kappa shape index (κ1) is 14.8. The van der Waals surface area contributed by atoms with E-state index in [9.17, 15) is 9.59 Å². The predicted molar refractivity (Wildman–Crippen MR) is 84.8 cm³/mol. The van der Waals surface area contributed by atoms with Gasteiger partial charge in [-0.1, -0.05) is 35.5 Å². The number of amides is 1. The van der Waals surface area contributed by atoms with Crippen LogP contribution in [0.15, 0.2) is 64.0 Å². The summed E-state index contributed by atoms with van der Waals surface area (Å²) in [6.45, 7) is 0.188. The number of nitrogens with one attached hydrogen (secondary N) is 1. The fraction of sp³-hybridized carbons (Fsp3) is 0.118. The van der Waals surface area contributed by atoms with Crippen molar-refractivity contribution in [3.8, 4) is 11.3 Å². The van der Waals surface area contributed by atoms with Gasteiger partial charge >= 0.3 is 0 Å². The molecule has 2 heterocycles. The number of hydrogen-bond donors (Lipinski definition) is 1. The summed E-state index contributed by atoms with van der Waals surface area (Å²) in [5.41, 5.74) is 1.26. The van der Waals surface area contributed by atoms with Gasteiger partial charge in [0.2, 0.25) is 0 Å². The van der Waals surface area contributed by atoms with Crippen LogP contribution in [-0.4, -0.2) is 15.6 Å². The van der Waals surface area contributed by atoms with Crippen LogP contribution in [0.2, 0.25) is 0 Å². The number of aryl methyl sites for hydroxylation is 1. The number of carbonyl (C=O) groups is 1. The molecule has 3 aromatic rings. The molecule has 0 bridgehead atoms. The van der Waals surface area contributed by atoms with Gasteiger partial charge in [-0.2, -0.15) is 0 Å². The first-order valence-electron chi connectivity index (χ1n) is 7.10. The fourth-order valence-electron chi connectivity index (χ4n) is 2.17. The largest absolute Gasteiger partial charge is 0.356 e. The molecule has 0 spiro atoms. The third kappa shape index (κ3) is 3.21. The maximum Gasteiger partial charge on any atom is 0.263 e. The number of rotatable bonds is 4. The van der Waals surface area contributed by atoms with Gasteiger partial charge in [-0.05, 0) is 12.1 Å². The lowest BCUT2D eigenvalue weighted by Gasteiger charge is -2.03. The van der Waals surface area contributed by atoms with Gasteiger partial charge in [0.05, 0.1) is 6.54 Å². The summed E-state index contributed by atoms with van der Waals surface area (Å²) in [5.74, 6) is 0.195. The second kappa shape index (κ2) is 6.31. The zero-order chi connectivity index (χ0) is 16.2. The number of aromatic nitrogens is 2. The Morgan fingerprint density at radius 2 is 2.00 bits per heavy atom. The zero-order valence-electron chi connectivity index (χ0n) is 12.5. The van der Waals surface area contributed by atoms with Gasteiger partial charge in [0.25, 0.3) is 11.5 Å². The third-order valence-corrected chi connectivity index (χ3v) is 3.42. The molecule has 0 radical (unpaired) electrons. The Morgan fingerprint density at radius 1 is 1.22 bits per heavy atom. The summed E-state index contributed by atoms with van der Waals surface area (Å²) in [5, 5.41) is 6.60. The molecule has 0 aliphatic carbocycles. The lowest BCUT2D eigenvalue weighted by Crippen LogP contribution is -2.31. The highest BCUT2D eigenvalue weighted by Crippen LogP contribution is 2.19. The van der Waals surface area contributed by atoms with E-state index < -0.39 is 5.91 Å². The number of benzene rings is 1. The zero-order valence-corrected chi connectivity index (χ0v) is 12.5. The summed E-state index contributed by atoms with van der Waals surface area (Å²) >= 11 is 0. The van der Waals surface area contributed by atoms with Crippen LogP contribution in [-0.2, 0) is 13.6 Å². The van der Waals surface area contributed by atoms with Crippen LogP contribution in [0, 0.1) is 0 Å². The van der Waals surface area contributed by atoms with Gasteiger partial charge in [0.15, 0.2) is 5.76 Å². The summed E-state index contributed by atoms with van der Waals surface area (Å²) in [4.78, 5) is 24.0. The Labute approximate surface area is 132 Å². The molecule has 0 saturated carbocycles. The van der Waals surface area contributed by atoms with E-state index in [1.54, 1.807) is 25.4 Å². The highest BCUT2D eigenvalue weighted by atomic mass is 16.5. The first-order valence-corrected chi connectivity index (χ1v) is 7.10. The van der Waals surface area contributed by atoms with Crippen LogP contribution in [0.25, 0.3) is 11.3 Å². The lowest BCUT2D eigenvalue weighted by molar-refractivity contribution is 0.0948. The third-order valence-electron chi connectivity index (χ3n) is 3.42. The molecule has 23 heavy (non-hydrogen) atoms. The maximum absolute atomic E-state index is 12.1. The minimum atomic E-state index is -0.435. The van der Waals surface area contributed by atoms with E-state index in [2.05, 4.69) is 10.5 Å². The molecule has 0 atom stereocenters. The van der Waals surface area contributed by atoms with Crippen molar-refractivity contribution < 1.29 is 9.32 Å². The highest BCUT2D eigenvalue weighted by Gasteiger charge is 2.12. The smallest absolute Gasteiger partial charge is 0.263 e. The van der Waals surface area contributed by atoms with E-state index in [0.29, 0.717) is 11.5 Å². The molecule has 3 rings (SSSR count). The molecule has 6 nitrogen and oxygen atoms in total. The van der Waals surface area contributed by atoms with Crippen molar-refractivity contribution in [3.05, 3.63) is 76.3 Å². The van der Waals surface area contributed by atoms with Gasteiger partial charge in [0, 0.05) is 24.9 Å². The van der Waals surface area contributed by atoms with Crippen molar-refractivity contribution in [2.75, 3.05) is 0 Å². The fourth-order valence-corrected chi connectivity index (χ4v) is 2.17. The lowest BCUT2D eigenvalue weighted by atomic mass is 10.1. The average Bonchev–Trinajstić information content (AvgIpc) is 3.05. The Morgan fingerprint density at radius 3 is 2.78 bits per heavy atom. The summed E-state index contributed by atoms with van der Waals surface area (Å²) < 4.78 is 6.62. The predicted octanol–water partition coefficient (Wildman–Crippen LogP) is 1.97. The normalized spacial score (nSPS) is 10.5. The van der Waals surface area contributed by atoms with Crippen molar-refractivity contribution in [1.82, 2.24) is 15.0 Å². The summed E-state index contributed by atoms with van der Waals surface area (Å²) in [6, 6.07) is 14.5. The standard InChI is InChI=1S/C17H15N3O3/c1-20-9-5-8-14(17(20)22)16(21)18-11-13-10-15(23-19-13)12-6-3-2-4-7-12/h2-10H,11H2,1H3,(H,18,21). The van der Waals surface area contributed by atoms with E-state index in [-0.39, 0.29) is 17.7 Å². The monoisotopic (exact) mass is 309 g/mol. The van der Waals surface area contributed by atoms with Crippen molar-refractivity contribution in [1.29, 1.82) is 0 Å². The quantitative estimate of drug-likeness (QED) is 0.799. The molecule has 0 fully saturated rings. The Balaban J connectivity index is 1.69. The van der Waals surface area contributed by atoms with Crippen LogP contribution in [0.4, 0.5) is 0 Å². The van der Waals surface area contributed by atoms with Crippen LogP contribution < -0.4 is 10.9 Å². The topological polar surface area (TPSA) is 77.1 Å². The van der Waals surface area contributed by atoms with Gasteiger partial charge in [-0.25, -0.2) is 0 Å². The molecular formula is C17H15N3O3. The Hall–Kier alpha value is -3.15. The first-order chi connectivity index (χ1) is 11.1. The van der Waals surface area contributed by atoms with Gasteiger partial charge in [-0.3, -0.25) is 9.59 Å². The molecule has 0 saturated heterocycles. The van der Waals surface area contributed by atoms with Crippen molar-refractivity contribution in [2.24, 2.45) is 7.05 Å². The van der Waals surface area contributed by atoms with Crippen LogP contribution in [0.5, 0.6) is 0 Å². The molecule has 6 heteroatoms.